The van der Waals surface area contributed by atoms with Crippen LogP contribution in [0.5, 0.6) is 0 Å². The van der Waals surface area contributed by atoms with Gasteiger partial charge < -0.3 is 9.57 Å². The van der Waals surface area contributed by atoms with Gasteiger partial charge in [0.2, 0.25) is 0 Å². The predicted octanol–water partition coefficient (Wildman–Crippen LogP) is 9.18. The second kappa shape index (κ2) is 27.0. The fraction of sp³-hybridized carbons (Fsp3) is 0.929. The Hall–Kier alpha value is -1.26. The van der Waals surface area contributed by atoms with Crippen molar-refractivity contribution in [3.63, 3.8) is 0 Å². The minimum Gasteiger partial charge on any atom is -0.447 e. The number of carbonyl (C=O) groups excluding carboxylic acids is 2. The van der Waals surface area contributed by atoms with Crippen molar-refractivity contribution >= 4 is 12.1 Å². The van der Waals surface area contributed by atoms with E-state index in [0.29, 0.717) is 13.0 Å². The average molecular weight is 470 g/mol. The fourth-order valence-corrected chi connectivity index (χ4v) is 4.04. The van der Waals surface area contributed by atoms with Crippen molar-refractivity contribution in [3.8, 4) is 0 Å². The Balaban J connectivity index is 3.27. The van der Waals surface area contributed by atoms with E-state index in [1.807, 2.05) is 0 Å². The highest BCUT2D eigenvalue weighted by molar-refractivity contribution is 5.73. The van der Waals surface area contributed by atoms with Crippen LogP contribution in [0, 0.1) is 0 Å². The second-order valence-corrected chi connectivity index (χ2v) is 9.53. The topological polar surface area (TPSA) is 64.6 Å². The van der Waals surface area contributed by atoms with E-state index in [1.165, 1.54) is 116 Å². The van der Waals surface area contributed by atoms with Gasteiger partial charge in [0, 0.05) is 6.42 Å². The third-order valence-electron chi connectivity index (χ3n) is 6.21. The molecule has 0 saturated carbocycles. The van der Waals surface area contributed by atoms with Crippen LogP contribution in [0.15, 0.2) is 0 Å². The van der Waals surface area contributed by atoms with Gasteiger partial charge in [-0.15, -0.1) is 5.48 Å². The third kappa shape index (κ3) is 26.9. The summed E-state index contributed by atoms with van der Waals surface area (Å²) in [5.41, 5.74) is 2.09. The van der Waals surface area contributed by atoms with Crippen molar-refractivity contribution in [2.75, 3.05) is 6.61 Å². The largest absolute Gasteiger partial charge is 0.447 e. The monoisotopic (exact) mass is 469 g/mol. The van der Waals surface area contributed by atoms with Gasteiger partial charge in [-0.1, -0.05) is 142 Å². The standard InChI is InChI=1S/C28H55NO4/c1-3-5-7-9-11-12-13-14-15-16-17-18-19-21-23-25-27(30)33-29-28(31)32-26-24-22-20-10-8-6-4-2/h3-26H2,1-2H3,(H,29,31). The molecule has 0 fully saturated rings. The maximum Gasteiger partial charge on any atom is 0.440 e. The summed E-state index contributed by atoms with van der Waals surface area (Å²) in [4.78, 5) is 28.0. The summed E-state index contributed by atoms with van der Waals surface area (Å²) in [6, 6.07) is 0. The number of nitrogens with one attached hydrogen (secondary N) is 1. The van der Waals surface area contributed by atoms with Gasteiger partial charge in [0.15, 0.2) is 0 Å². The number of carbonyl (C=O) groups is 2. The Morgan fingerprint density at radius 2 is 0.879 bits per heavy atom. The summed E-state index contributed by atoms with van der Waals surface area (Å²) in [6.07, 6.45) is 27.3. The first-order valence-corrected chi connectivity index (χ1v) is 14.3. The first-order valence-electron chi connectivity index (χ1n) is 14.3. The van der Waals surface area contributed by atoms with Gasteiger partial charge in [0.25, 0.3) is 0 Å². The highest BCUT2D eigenvalue weighted by Crippen LogP contribution is 2.14. The molecule has 0 spiro atoms. The molecule has 0 atom stereocenters. The Morgan fingerprint density at radius 3 is 1.30 bits per heavy atom. The molecule has 0 aromatic carbocycles. The van der Waals surface area contributed by atoms with Gasteiger partial charge in [0.1, 0.15) is 0 Å². The lowest BCUT2D eigenvalue weighted by molar-refractivity contribution is -0.149. The molecular formula is C28H55NO4. The molecule has 0 aromatic rings. The summed E-state index contributed by atoms with van der Waals surface area (Å²) in [7, 11) is 0. The molecule has 1 N–H and O–H groups in total. The summed E-state index contributed by atoms with van der Waals surface area (Å²) >= 11 is 0. The number of hydroxylamine groups is 1. The van der Waals surface area contributed by atoms with Gasteiger partial charge in [0.05, 0.1) is 6.61 Å². The van der Waals surface area contributed by atoms with Crippen molar-refractivity contribution in [1.29, 1.82) is 0 Å². The zero-order valence-electron chi connectivity index (χ0n) is 22.1. The van der Waals surface area contributed by atoms with Crippen LogP contribution in [0.4, 0.5) is 4.79 Å². The maximum atomic E-state index is 11.7. The lowest BCUT2D eigenvalue weighted by atomic mass is 10.0. The van der Waals surface area contributed by atoms with E-state index in [1.54, 1.807) is 0 Å². The van der Waals surface area contributed by atoms with Crippen molar-refractivity contribution in [2.45, 2.75) is 162 Å². The summed E-state index contributed by atoms with van der Waals surface area (Å²) in [5.74, 6) is -0.391. The van der Waals surface area contributed by atoms with Crippen LogP contribution in [0.25, 0.3) is 0 Å². The van der Waals surface area contributed by atoms with E-state index in [9.17, 15) is 9.59 Å². The molecule has 0 heterocycles. The fourth-order valence-electron chi connectivity index (χ4n) is 4.04. The molecule has 196 valence electrons. The minimum absolute atomic E-state index is 0.344. The highest BCUT2D eigenvalue weighted by Gasteiger charge is 2.07. The van der Waals surface area contributed by atoms with E-state index in [2.05, 4.69) is 19.3 Å². The number of amides is 1. The number of ether oxygens (including phenoxy) is 1. The molecule has 0 radical (unpaired) electrons. The van der Waals surface area contributed by atoms with Crippen LogP contribution in [-0.4, -0.2) is 18.7 Å². The normalized spacial score (nSPS) is 10.8. The molecule has 5 heteroatoms. The predicted molar refractivity (Wildman–Crippen MR) is 138 cm³/mol. The van der Waals surface area contributed by atoms with Gasteiger partial charge >= 0.3 is 12.1 Å². The molecule has 0 rings (SSSR count). The van der Waals surface area contributed by atoms with Gasteiger partial charge in [-0.25, -0.2) is 9.59 Å². The summed E-state index contributed by atoms with van der Waals surface area (Å²) in [5, 5.41) is 0. The quantitative estimate of drug-likeness (QED) is 0.113. The van der Waals surface area contributed by atoms with Crippen LogP contribution in [0.2, 0.25) is 0 Å². The first-order chi connectivity index (χ1) is 16.2. The number of hydrogen-bond acceptors (Lipinski definition) is 4. The smallest absolute Gasteiger partial charge is 0.440 e. The Kier molecular flexibility index (Phi) is 26.0. The lowest BCUT2D eigenvalue weighted by Gasteiger charge is -2.07. The molecule has 5 nitrogen and oxygen atoms in total. The minimum atomic E-state index is -0.675. The van der Waals surface area contributed by atoms with E-state index >= 15 is 0 Å². The van der Waals surface area contributed by atoms with E-state index in [0.717, 1.165) is 25.7 Å². The van der Waals surface area contributed by atoms with Crippen molar-refractivity contribution < 1.29 is 19.2 Å². The zero-order chi connectivity index (χ0) is 24.2. The van der Waals surface area contributed by atoms with Crippen molar-refractivity contribution in [2.24, 2.45) is 0 Å². The number of hydrogen-bond donors (Lipinski definition) is 1. The van der Waals surface area contributed by atoms with Crippen LogP contribution >= 0.6 is 0 Å². The molecule has 33 heavy (non-hydrogen) atoms. The molecule has 0 aromatic heterocycles. The lowest BCUT2D eigenvalue weighted by Crippen LogP contribution is -2.28. The number of unbranched alkanes of at least 4 members (excludes halogenated alkanes) is 20. The van der Waals surface area contributed by atoms with Gasteiger partial charge in [-0.05, 0) is 12.8 Å². The molecule has 0 aliphatic carbocycles. The number of rotatable bonds is 24. The molecule has 0 bridgehead atoms. The average Bonchev–Trinajstić information content (AvgIpc) is 2.82. The highest BCUT2D eigenvalue weighted by atomic mass is 16.7. The zero-order valence-corrected chi connectivity index (χ0v) is 22.1. The van der Waals surface area contributed by atoms with Crippen molar-refractivity contribution in [1.82, 2.24) is 5.48 Å². The SMILES string of the molecule is CCCCCCCCCCCCCCCCCC(=O)ONC(=O)OCCCCCCCCC. The maximum absolute atomic E-state index is 11.7. The first kappa shape index (κ1) is 31.7. The van der Waals surface area contributed by atoms with Crippen molar-refractivity contribution in [3.05, 3.63) is 0 Å². The summed E-state index contributed by atoms with van der Waals surface area (Å²) < 4.78 is 5.02. The second-order valence-electron chi connectivity index (χ2n) is 9.53. The molecule has 0 saturated heterocycles. The van der Waals surface area contributed by atoms with Crippen LogP contribution in [0.1, 0.15) is 162 Å². The van der Waals surface area contributed by atoms with E-state index in [4.69, 9.17) is 9.57 Å². The van der Waals surface area contributed by atoms with E-state index < -0.39 is 12.1 Å². The van der Waals surface area contributed by atoms with Gasteiger partial charge in [-0.2, -0.15) is 0 Å². The Bertz CT molecular complexity index is 428. The molecule has 0 unspecified atom stereocenters. The summed E-state index contributed by atoms with van der Waals surface area (Å²) in [6.45, 7) is 4.85. The molecular weight excluding hydrogens is 414 g/mol. The molecule has 0 aliphatic rings. The Labute approximate surface area is 205 Å². The Morgan fingerprint density at radius 1 is 0.515 bits per heavy atom. The van der Waals surface area contributed by atoms with Crippen LogP contribution in [-0.2, 0) is 14.4 Å². The van der Waals surface area contributed by atoms with Crippen LogP contribution in [0.3, 0.4) is 0 Å². The third-order valence-corrected chi connectivity index (χ3v) is 6.21. The van der Waals surface area contributed by atoms with E-state index in [-0.39, 0.29) is 0 Å². The molecule has 1 amide bonds. The molecule has 0 aliphatic heterocycles. The van der Waals surface area contributed by atoms with Crippen LogP contribution < -0.4 is 5.48 Å². The van der Waals surface area contributed by atoms with Gasteiger partial charge in [-0.3, -0.25) is 0 Å².